The molecular weight excluding hydrogens is 256 g/mol. The molecule has 0 aliphatic carbocycles. The lowest BCUT2D eigenvalue weighted by molar-refractivity contribution is -0.126. The Hall–Kier alpha value is -2.11. The molecule has 20 heavy (non-hydrogen) atoms. The quantitative estimate of drug-likeness (QED) is 0.832. The number of hydrogen-bond donors (Lipinski definition) is 2. The van der Waals surface area contributed by atoms with Crippen molar-refractivity contribution in [3.63, 3.8) is 0 Å². The van der Waals surface area contributed by atoms with E-state index in [1.807, 2.05) is 0 Å². The molecule has 1 aromatic rings. The number of rotatable bonds is 2. The average Bonchev–Trinajstić information content (AvgIpc) is 2.48. The fraction of sp³-hybridized carbons (Fsp3) is 0.500. The molecule has 0 saturated carbocycles. The van der Waals surface area contributed by atoms with Crippen LogP contribution in [-0.4, -0.2) is 41.3 Å². The molecule has 1 fully saturated rings. The molecule has 6 nitrogen and oxygen atoms in total. The van der Waals surface area contributed by atoms with Gasteiger partial charge in [0, 0.05) is 13.6 Å². The van der Waals surface area contributed by atoms with Crippen molar-refractivity contribution in [3.8, 4) is 0 Å². The number of nitrogen functional groups attached to an aromatic ring is 1. The standard InChI is InChI=1S/C14H20N4O2/c1-9-11(7-10(15)8-17-9)14(20)18-6-4-3-5-12(18)13(19)16-2/h7-8,12H,3-6,15H2,1-2H3,(H,16,19). The van der Waals surface area contributed by atoms with Gasteiger partial charge in [0.05, 0.1) is 23.1 Å². The summed E-state index contributed by atoms with van der Waals surface area (Å²) in [5.41, 5.74) is 7.26. The normalized spacial score (nSPS) is 18.7. The highest BCUT2D eigenvalue weighted by Gasteiger charge is 2.32. The average molecular weight is 276 g/mol. The molecule has 1 aromatic heterocycles. The zero-order valence-corrected chi connectivity index (χ0v) is 11.8. The van der Waals surface area contributed by atoms with Crippen LogP contribution in [0.3, 0.4) is 0 Å². The van der Waals surface area contributed by atoms with Gasteiger partial charge in [0.2, 0.25) is 5.91 Å². The van der Waals surface area contributed by atoms with Crippen LogP contribution in [0.2, 0.25) is 0 Å². The van der Waals surface area contributed by atoms with Crippen LogP contribution < -0.4 is 11.1 Å². The van der Waals surface area contributed by atoms with Crippen LogP contribution in [0.25, 0.3) is 0 Å². The Balaban J connectivity index is 2.30. The fourth-order valence-electron chi connectivity index (χ4n) is 2.53. The van der Waals surface area contributed by atoms with Gasteiger partial charge in [-0.25, -0.2) is 0 Å². The number of piperidine rings is 1. The van der Waals surface area contributed by atoms with Crippen molar-refractivity contribution >= 4 is 17.5 Å². The van der Waals surface area contributed by atoms with E-state index in [-0.39, 0.29) is 11.8 Å². The molecule has 1 unspecified atom stereocenters. The zero-order valence-electron chi connectivity index (χ0n) is 11.8. The second-order valence-electron chi connectivity index (χ2n) is 5.03. The molecule has 2 amide bonds. The van der Waals surface area contributed by atoms with Crippen molar-refractivity contribution in [1.82, 2.24) is 15.2 Å². The first-order valence-corrected chi connectivity index (χ1v) is 6.79. The van der Waals surface area contributed by atoms with Gasteiger partial charge in [-0.05, 0) is 32.3 Å². The van der Waals surface area contributed by atoms with Gasteiger partial charge in [-0.3, -0.25) is 14.6 Å². The number of aromatic nitrogens is 1. The molecule has 1 saturated heterocycles. The van der Waals surface area contributed by atoms with Crippen molar-refractivity contribution in [1.29, 1.82) is 0 Å². The van der Waals surface area contributed by atoms with E-state index in [4.69, 9.17) is 5.73 Å². The zero-order chi connectivity index (χ0) is 14.7. The second-order valence-corrected chi connectivity index (χ2v) is 5.03. The Morgan fingerprint density at radius 2 is 2.20 bits per heavy atom. The number of anilines is 1. The summed E-state index contributed by atoms with van der Waals surface area (Å²) in [7, 11) is 1.59. The highest BCUT2D eigenvalue weighted by molar-refractivity contribution is 5.99. The second kappa shape index (κ2) is 5.90. The Bertz CT molecular complexity index is 530. The van der Waals surface area contributed by atoms with E-state index in [9.17, 15) is 9.59 Å². The Morgan fingerprint density at radius 1 is 1.45 bits per heavy atom. The molecule has 3 N–H and O–H groups in total. The first-order chi connectivity index (χ1) is 9.54. The lowest BCUT2D eigenvalue weighted by atomic mass is 9.99. The smallest absolute Gasteiger partial charge is 0.256 e. The number of nitrogens with two attached hydrogens (primary N) is 1. The first kappa shape index (κ1) is 14.3. The molecular formula is C14H20N4O2. The maximum absolute atomic E-state index is 12.7. The van der Waals surface area contributed by atoms with Crippen molar-refractivity contribution < 1.29 is 9.59 Å². The number of carbonyl (C=O) groups is 2. The molecule has 0 aromatic carbocycles. The van der Waals surface area contributed by atoms with Crippen LogP contribution in [-0.2, 0) is 4.79 Å². The molecule has 1 atom stereocenters. The number of carbonyl (C=O) groups excluding carboxylic acids is 2. The van der Waals surface area contributed by atoms with E-state index >= 15 is 0 Å². The van der Waals surface area contributed by atoms with Gasteiger partial charge >= 0.3 is 0 Å². The van der Waals surface area contributed by atoms with Crippen LogP contribution in [0, 0.1) is 6.92 Å². The summed E-state index contributed by atoms with van der Waals surface area (Å²) >= 11 is 0. The van der Waals surface area contributed by atoms with E-state index < -0.39 is 6.04 Å². The number of likely N-dealkylation sites (N-methyl/N-ethyl adjacent to an activating group) is 1. The summed E-state index contributed by atoms with van der Waals surface area (Å²) in [6, 6.07) is 1.22. The lowest BCUT2D eigenvalue weighted by Crippen LogP contribution is -2.51. The van der Waals surface area contributed by atoms with Gasteiger partial charge in [-0.15, -0.1) is 0 Å². The lowest BCUT2D eigenvalue weighted by Gasteiger charge is -2.34. The molecule has 1 aliphatic rings. The van der Waals surface area contributed by atoms with Crippen LogP contribution in [0.4, 0.5) is 5.69 Å². The number of nitrogens with one attached hydrogen (secondary N) is 1. The molecule has 2 heterocycles. The Morgan fingerprint density at radius 3 is 2.90 bits per heavy atom. The first-order valence-electron chi connectivity index (χ1n) is 6.79. The van der Waals surface area contributed by atoms with Crippen molar-refractivity contribution in [2.75, 3.05) is 19.3 Å². The van der Waals surface area contributed by atoms with Crippen LogP contribution in [0.15, 0.2) is 12.3 Å². The van der Waals surface area contributed by atoms with E-state index in [1.165, 1.54) is 6.20 Å². The van der Waals surface area contributed by atoms with Gasteiger partial charge in [0.1, 0.15) is 6.04 Å². The Kier molecular flexibility index (Phi) is 4.22. The minimum Gasteiger partial charge on any atom is -0.397 e. The summed E-state index contributed by atoms with van der Waals surface area (Å²) in [5, 5.41) is 2.62. The van der Waals surface area contributed by atoms with E-state index in [1.54, 1.807) is 24.9 Å². The summed E-state index contributed by atoms with van der Waals surface area (Å²) in [6.07, 6.45) is 4.09. The molecule has 0 radical (unpaired) electrons. The fourth-order valence-corrected chi connectivity index (χ4v) is 2.53. The predicted molar refractivity (Wildman–Crippen MR) is 76.1 cm³/mol. The largest absolute Gasteiger partial charge is 0.397 e. The topological polar surface area (TPSA) is 88.3 Å². The third kappa shape index (κ3) is 2.74. The van der Waals surface area contributed by atoms with Crippen LogP contribution in [0.1, 0.15) is 35.3 Å². The van der Waals surface area contributed by atoms with Crippen molar-refractivity contribution in [3.05, 3.63) is 23.5 Å². The summed E-state index contributed by atoms with van der Waals surface area (Å²) < 4.78 is 0. The van der Waals surface area contributed by atoms with Crippen molar-refractivity contribution in [2.45, 2.75) is 32.2 Å². The number of nitrogens with zero attached hydrogens (tertiary/aromatic N) is 2. The molecule has 1 aliphatic heterocycles. The van der Waals surface area contributed by atoms with Gasteiger partial charge in [-0.2, -0.15) is 0 Å². The third-order valence-electron chi connectivity index (χ3n) is 3.65. The number of hydrogen-bond acceptors (Lipinski definition) is 4. The third-order valence-corrected chi connectivity index (χ3v) is 3.65. The Labute approximate surface area is 118 Å². The van der Waals surface area contributed by atoms with Gasteiger partial charge in [0.25, 0.3) is 5.91 Å². The van der Waals surface area contributed by atoms with Crippen LogP contribution >= 0.6 is 0 Å². The molecule has 0 spiro atoms. The number of amides is 2. The minimum atomic E-state index is -0.401. The molecule has 6 heteroatoms. The molecule has 108 valence electrons. The summed E-state index contributed by atoms with van der Waals surface area (Å²) in [4.78, 5) is 30.3. The van der Waals surface area contributed by atoms with E-state index in [2.05, 4.69) is 10.3 Å². The monoisotopic (exact) mass is 276 g/mol. The molecule has 0 bridgehead atoms. The number of likely N-dealkylation sites (tertiary alicyclic amines) is 1. The maximum atomic E-state index is 12.7. The number of pyridine rings is 1. The van der Waals surface area contributed by atoms with Crippen molar-refractivity contribution in [2.24, 2.45) is 0 Å². The van der Waals surface area contributed by atoms with Gasteiger partial charge in [0.15, 0.2) is 0 Å². The highest BCUT2D eigenvalue weighted by Crippen LogP contribution is 2.21. The van der Waals surface area contributed by atoms with Gasteiger partial charge < -0.3 is 16.0 Å². The summed E-state index contributed by atoms with van der Waals surface area (Å²) in [6.45, 7) is 2.36. The van der Waals surface area contributed by atoms with Gasteiger partial charge in [-0.1, -0.05) is 0 Å². The van der Waals surface area contributed by atoms with Crippen LogP contribution in [0.5, 0.6) is 0 Å². The minimum absolute atomic E-state index is 0.118. The highest BCUT2D eigenvalue weighted by atomic mass is 16.2. The SMILES string of the molecule is CNC(=O)C1CCCCN1C(=O)c1cc(N)cnc1C. The predicted octanol–water partition coefficient (Wildman–Crippen LogP) is 0.713. The summed E-state index contributed by atoms with van der Waals surface area (Å²) in [5.74, 6) is -0.289. The maximum Gasteiger partial charge on any atom is 0.256 e. The van der Waals surface area contributed by atoms with E-state index in [0.29, 0.717) is 29.9 Å². The number of aryl methyl sites for hydroxylation is 1. The van der Waals surface area contributed by atoms with E-state index in [0.717, 1.165) is 12.8 Å². The molecule has 2 rings (SSSR count).